The van der Waals surface area contributed by atoms with Crippen LogP contribution in [0.25, 0.3) is 0 Å². The quantitative estimate of drug-likeness (QED) is 0.625. The molecule has 0 spiro atoms. The molecule has 0 saturated carbocycles. The standard InChI is InChI=1S/C19H21F3N4O6S/c1-13-12-16(32-24-13)18(28)26-10-8-25(9-11-26)17(27)6-7-23-33(29,30)15-4-2-14(3-5-15)31-19(20,21)22/h2-5,12,23H,6-11H2,1H3. The Bertz CT molecular complexity index is 1090. The summed E-state index contributed by atoms with van der Waals surface area (Å²) >= 11 is 0. The first-order valence-electron chi connectivity index (χ1n) is 9.80. The summed E-state index contributed by atoms with van der Waals surface area (Å²) in [6.07, 6.45) is -5.00. The first kappa shape index (κ1) is 24.5. The van der Waals surface area contributed by atoms with Gasteiger partial charge in [0, 0.05) is 45.2 Å². The van der Waals surface area contributed by atoms with Crippen molar-refractivity contribution in [3.8, 4) is 5.75 Å². The summed E-state index contributed by atoms with van der Waals surface area (Å²) in [4.78, 5) is 27.5. The highest BCUT2D eigenvalue weighted by molar-refractivity contribution is 7.89. The Morgan fingerprint density at radius 1 is 1.12 bits per heavy atom. The van der Waals surface area contributed by atoms with E-state index in [2.05, 4.69) is 14.6 Å². The Hall–Kier alpha value is -3.13. The summed E-state index contributed by atoms with van der Waals surface area (Å²) in [6, 6.07) is 5.24. The average Bonchev–Trinajstić information content (AvgIpc) is 3.18. The van der Waals surface area contributed by atoms with Gasteiger partial charge in [-0.15, -0.1) is 13.2 Å². The fraction of sp³-hybridized carbons (Fsp3) is 0.421. The van der Waals surface area contributed by atoms with Gasteiger partial charge in [-0.05, 0) is 31.2 Å². The minimum absolute atomic E-state index is 0.121. The number of carbonyl (C=O) groups is 2. The molecule has 0 bridgehead atoms. The summed E-state index contributed by atoms with van der Waals surface area (Å²) in [5.74, 6) is -1.04. The second-order valence-corrected chi connectivity index (χ2v) is 8.94. The van der Waals surface area contributed by atoms with Gasteiger partial charge >= 0.3 is 6.36 Å². The third-order valence-electron chi connectivity index (χ3n) is 4.76. The van der Waals surface area contributed by atoms with Crippen molar-refractivity contribution in [2.24, 2.45) is 0 Å². The number of aromatic nitrogens is 1. The molecule has 1 aromatic heterocycles. The maximum Gasteiger partial charge on any atom is 0.573 e. The highest BCUT2D eigenvalue weighted by Crippen LogP contribution is 2.23. The molecule has 0 atom stereocenters. The van der Waals surface area contributed by atoms with Crippen molar-refractivity contribution in [1.29, 1.82) is 0 Å². The van der Waals surface area contributed by atoms with Crippen LogP contribution in [0, 0.1) is 6.92 Å². The van der Waals surface area contributed by atoms with Gasteiger partial charge in [-0.3, -0.25) is 9.59 Å². The maximum absolute atomic E-state index is 12.4. The Labute approximate surface area is 187 Å². The van der Waals surface area contributed by atoms with E-state index in [1.165, 1.54) is 11.0 Å². The number of amides is 2. The van der Waals surface area contributed by atoms with Crippen molar-refractivity contribution in [3.63, 3.8) is 0 Å². The molecule has 33 heavy (non-hydrogen) atoms. The summed E-state index contributed by atoms with van der Waals surface area (Å²) in [7, 11) is -4.02. The highest BCUT2D eigenvalue weighted by Gasteiger charge is 2.31. The largest absolute Gasteiger partial charge is 0.573 e. The molecule has 3 rings (SSSR count). The zero-order valence-corrected chi connectivity index (χ0v) is 18.3. The van der Waals surface area contributed by atoms with Crippen LogP contribution in [0.4, 0.5) is 13.2 Å². The number of hydrogen-bond acceptors (Lipinski definition) is 7. The van der Waals surface area contributed by atoms with Crippen LogP contribution in [0.15, 0.2) is 39.8 Å². The number of ether oxygens (including phenoxy) is 1. The molecule has 10 nitrogen and oxygen atoms in total. The van der Waals surface area contributed by atoms with Crippen molar-refractivity contribution in [2.75, 3.05) is 32.7 Å². The van der Waals surface area contributed by atoms with E-state index in [4.69, 9.17) is 4.52 Å². The van der Waals surface area contributed by atoms with Crippen LogP contribution in [0.3, 0.4) is 0 Å². The fourth-order valence-electron chi connectivity index (χ4n) is 3.13. The van der Waals surface area contributed by atoms with E-state index in [1.54, 1.807) is 11.8 Å². The van der Waals surface area contributed by atoms with Gasteiger partial charge in [0.15, 0.2) is 0 Å². The number of carbonyl (C=O) groups excluding carboxylic acids is 2. The number of halogens is 3. The van der Waals surface area contributed by atoms with Crippen LogP contribution in [-0.4, -0.2) is 74.3 Å². The number of piperazine rings is 1. The Morgan fingerprint density at radius 3 is 2.27 bits per heavy atom. The van der Waals surface area contributed by atoms with E-state index in [0.29, 0.717) is 18.8 Å². The van der Waals surface area contributed by atoms with Gasteiger partial charge in [-0.25, -0.2) is 13.1 Å². The second-order valence-electron chi connectivity index (χ2n) is 7.17. The van der Waals surface area contributed by atoms with E-state index in [1.807, 2.05) is 0 Å². The molecule has 0 unspecified atom stereocenters. The smallest absolute Gasteiger partial charge is 0.406 e. The van der Waals surface area contributed by atoms with Gasteiger partial charge in [-0.1, -0.05) is 5.16 Å². The minimum Gasteiger partial charge on any atom is -0.406 e. The molecule has 2 heterocycles. The lowest BCUT2D eigenvalue weighted by Crippen LogP contribution is -2.51. The van der Waals surface area contributed by atoms with Crippen LogP contribution < -0.4 is 9.46 Å². The molecule has 1 aliphatic heterocycles. The number of alkyl halides is 3. The number of sulfonamides is 1. The first-order chi connectivity index (χ1) is 15.4. The zero-order valence-electron chi connectivity index (χ0n) is 17.5. The Morgan fingerprint density at radius 2 is 1.73 bits per heavy atom. The molecule has 14 heteroatoms. The van der Waals surface area contributed by atoms with Crippen molar-refractivity contribution < 1.29 is 40.4 Å². The van der Waals surface area contributed by atoms with Crippen LogP contribution in [0.2, 0.25) is 0 Å². The van der Waals surface area contributed by atoms with E-state index >= 15 is 0 Å². The van der Waals surface area contributed by atoms with E-state index in [9.17, 15) is 31.2 Å². The Kier molecular flexibility index (Phi) is 7.27. The molecule has 0 radical (unpaired) electrons. The molecule has 2 aromatic rings. The van der Waals surface area contributed by atoms with Crippen molar-refractivity contribution in [3.05, 3.63) is 41.8 Å². The summed E-state index contributed by atoms with van der Waals surface area (Å²) in [6.45, 7) is 2.65. The van der Waals surface area contributed by atoms with Gasteiger partial charge in [0.2, 0.25) is 21.7 Å². The van der Waals surface area contributed by atoms with Gasteiger partial charge in [0.05, 0.1) is 10.6 Å². The van der Waals surface area contributed by atoms with Crippen molar-refractivity contribution in [1.82, 2.24) is 19.7 Å². The zero-order chi connectivity index (χ0) is 24.2. The lowest BCUT2D eigenvalue weighted by atomic mass is 10.2. The SMILES string of the molecule is Cc1cc(C(=O)N2CCN(C(=O)CCNS(=O)(=O)c3ccc(OC(F)(F)F)cc3)CC2)on1. The first-order valence-corrected chi connectivity index (χ1v) is 11.3. The summed E-state index contributed by atoms with van der Waals surface area (Å²) in [5.41, 5.74) is 0.584. The fourth-order valence-corrected chi connectivity index (χ4v) is 4.17. The molecule has 180 valence electrons. The number of nitrogens with zero attached hydrogens (tertiary/aromatic N) is 3. The van der Waals surface area contributed by atoms with Gasteiger partial charge in [-0.2, -0.15) is 0 Å². The van der Waals surface area contributed by atoms with Crippen LogP contribution in [0.1, 0.15) is 22.7 Å². The molecule has 2 amide bonds. The number of rotatable bonds is 7. The summed E-state index contributed by atoms with van der Waals surface area (Å²) in [5, 5.41) is 3.67. The third-order valence-corrected chi connectivity index (χ3v) is 6.23. The molecular weight excluding hydrogens is 469 g/mol. The number of benzene rings is 1. The van der Waals surface area contributed by atoms with Crippen LogP contribution in [-0.2, 0) is 14.8 Å². The van der Waals surface area contributed by atoms with Gasteiger partial charge in [0.1, 0.15) is 5.75 Å². The van der Waals surface area contributed by atoms with Crippen LogP contribution in [0.5, 0.6) is 5.75 Å². The number of nitrogens with one attached hydrogen (secondary N) is 1. The van der Waals surface area contributed by atoms with Gasteiger partial charge < -0.3 is 19.1 Å². The molecule has 1 aliphatic rings. The Balaban J connectivity index is 1.45. The molecule has 1 fully saturated rings. The predicted octanol–water partition coefficient (Wildman–Crippen LogP) is 1.53. The minimum atomic E-state index is -4.88. The third kappa shape index (κ3) is 6.68. The summed E-state index contributed by atoms with van der Waals surface area (Å²) < 4.78 is 72.1. The lowest BCUT2D eigenvalue weighted by Gasteiger charge is -2.34. The normalized spacial score (nSPS) is 14.9. The van der Waals surface area contributed by atoms with Gasteiger partial charge in [0.25, 0.3) is 5.91 Å². The average molecular weight is 490 g/mol. The molecule has 1 N–H and O–H groups in total. The number of aryl methyl sites for hydroxylation is 1. The second kappa shape index (κ2) is 9.79. The topological polar surface area (TPSA) is 122 Å². The lowest BCUT2D eigenvalue weighted by molar-refractivity contribution is -0.274. The van der Waals surface area contributed by atoms with Crippen molar-refractivity contribution >= 4 is 21.8 Å². The molecule has 0 aliphatic carbocycles. The monoisotopic (exact) mass is 490 g/mol. The highest BCUT2D eigenvalue weighted by atomic mass is 32.2. The van der Waals surface area contributed by atoms with E-state index < -0.39 is 22.1 Å². The predicted molar refractivity (Wildman–Crippen MR) is 107 cm³/mol. The maximum atomic E-state index is 12.4. The van der Waals surface area contributed by atoms with E-state index in [0.717, 1.165) is 24.3 Å². The molecular formula is C19H21F3N4O6S. The number of hydrogen-bond donors (Lipinski definition) is 1. The van der Waals surface area contributed by atoms with Crippen LogP contribution >= 0.6 is 0 Å². The van der Waals surface area contributed by atoms with Crippen molar-refractivity contribution in [2.45, 2.75) is 24.6 Å². The molecule has 1 aromatic carbocycles. The van der Waals surface area contributed by atoms with E-state index in [-0.39, 0.29) is 48.5 Å². The molecule has 1 saturated heterocycles.